The Morgan fingerprint density at radius 3 is 1.56 bits per heavy atom. The molecule has 0 spiro atoms. The molecule has 0 aromatic heterocycles. The molecular weight excluding hydrogens is 384 g/mol. The number of hydrogen-bond acceptors (Lipinski definition) is 0. The minimum atomic E-state index is -0.0215. The second kappa shape index (κ2) is 10.5. The van der Waals surface area contributed by atoms with Gasteiger partial charge in [0, 0.05) is 5.56 Å². The number of hydrogen-bond donors (Lipinski definition) is 0. The fraction of sp³-hybridized carbons (Fsp3) is 0.125. The van der Waals surface area contributed by atoms with E-state index in [9.17, 15) is 0 Å². The van der Waals surface area contributed by atoms with Gasteiger partial charge in [0.25, 0.3) is 0 Å². The molecule has 0 nitrogen and oxygen atoms in total. The Bertz CT molecular complexity index is 1160. The summed E-state index contributed by atoms with van der Waals surface area (Å²) in [5, 5.41) is 0. The molecule has 1 atom stereocenters. The first-order chi connectivity index (χ1) is 15.7. The highest BCUT2D eigenvalue weighted by molar-refractivity contribution is 5.80. The Balaban J connectivity index is 1.83. The maximum atomic E-state index is 3.54. The van der Waals surface area contributed by atoms with E-state index in [0.29, 0.717) is 5.92 Å². The van der Waals surface area contributed by atoms with E-state index in [1.165, 1.54) is 27.8 Å². The van der Waals surface area contributed by atoms with Crippen LogP contribution >= 0.6 is 0 Å². The van der Waals surface area contributed by atoms with Gasteiger partial charge in [-0.25, -0.2) is 0 Å². The second-order valence-corrected chi connectivity index (χ2v) is 8.25. The van der Waals surface area contributed by atoms with Crippen LogP contribution in [-0.2, 0) is 0 Å². The van der Waals surface area contributed by atoms with E-state index in [1.54, 1.807) is 0 Å². The number of rotatable bonds is 5. The Morgan fingerprint density at radius 2 is 1.06 bits per heavy atom. The lowest BCUT2D eigenvalue weighted by atomic mass is 9.89. The average molecular weight is 413 g/mol. The predicted octanol–water partition coefficient (Wildman–Crippen LogP) is 8.08. The van der Waals surface area contributed by atoms with Gasteiger partial charge in [0.1, 0.15) is 0 Å². The Kier molecular flexibility index (Phi) is 7.01. The van der Waals surface area contributed by atoms with Crippen molar-refractivity contribution in [1.82, 2.24) is 0 Å². The van der Waals surface area contributed by atoms with E-state index < -0.39 is 0 Å². The van der Waals surface area contributed by atoms with Crippen LogP contribution in [0.15, 0.2) is 121 Å². The van der Waals surface area contributed by atoms with Crippen molar-refractivity contribution in [2.75, 3.05) is 0 Å². The smallest absolute Gasteiger partial charge is 0.0645 e. The molecule has 0 aliphatic heterocycles. The zero-order valence-corrected chi connectivity index (χ0v) is 18.7. The molecule has 0 fully saturated rings. The normalized spacial score (nSPS) is 11.3. The standard InChI is InChI=1S/C32H28/c1-25(2)27-20-22-28(23-21-27)31(19-18-26-12-6-3-7-13-26)24-32(29-14-8-4-9-15-29)30-16-10-5-11-17-30/h3-17,20-25,31H,1-2H3. The summed E-state index contributed by atoms with van der Waals surface area (Å²) in [5.74, 6) is 7.43. The highest BCUT2D eigenvalue weighted by Crippen LogP contribution is 2.29. The predicted molar refractivity (Wildman–Crippen MR) is 137 cm³/mol. The highest BCUT2D eigenvalue weighted by Gasteiger charge is 2.12. The van der Waals surface area contributed by atoms with Gasteiger partial charge in [-0.15, -0.1) is 0 Å². The SMILES string of the molecule is CC(C)c1ccc(C(C#Cc2ccccc2)C=C(c2ccccc2)c2ccccc2)cc1. The zero-order valence-electron chi connectivity index (χ0n) is 18.7. The van der Waals surface area contributed by atoms with Gasteiger partial charge >= 0.3 is 0 Å². The molecular formula is C32H28. The number of benzene rings is 4. The number of allylic oxidation sites excluding steroid dienone is 1. The Labute approximate surface area is 192 Å². The van der Waals surface area contributed by atoms with Gasteiger partial charge in [-0.3, -0.25) is 0 Å². The molecule has 0 saturated heterocycles. The minimum Gasteiger partial charge on any atom is -0.0854 e. The van der Waals surface area contributed by atoms with E-state index in [1.807, 2.05) is 18.2 Å². The first-order valence-electron chi connectivity index (χ1n) is 11.2. The monoisotopic (exact) mass is 412 g/mol. The van der Waals surface area contributed by atoms with Gasteiger partial charge in [-0.05, 0) is 45.9 Å². The summed E-state index contributed by atoms with van der Waals surface area (Å²) in [5.41, 5.74) is 7.19. The van der Waals surface area contributed by atoms with Gasteiger partial charge in [0.05, 0.1) is 5.92 Å². The molecule has 0 heteroatoms. The maximum Gasteiger partial charge on any atom is 0.0645 e. The van der Waals surface area contributed by atoms with Crippen molar-refractivity contribution in [2.24, 2.45) is 0 Å². The summed E-state index contributed by atoms with van der Waals surface area (Å²) in [6.45, 7) is 4.45. The molecule has 4 rings (SSSR count). The van der Waals surface area contributed by atoms with Crippen molar-refractivity contribution in [1.29, 1.82) is 0 Å². The van der Waals surface area contributed by atoms with Crippen molar-refractivity contribution in [2.45, 2.75) is 25.7 Å². The van der Waals surface area contributed by atoms with Crippen LogP contribution in [0, 0.1) is 11.8 Å². The van der Waals surface area contributed by atoms with Crippen LogP contribution in [0.3, 0.4) is 0 Å². The van der Waals surface area contributed by atoms with E-state index >= 15 is 0 Å². The zero-order chi connectivity index (χ0) is 22.2. The third-order valence-electron chi connectivity index (χ3n) is 5.61. The van der Waals surface area contributed by atoms with E-state index in [-0.39, 0.29) is 5.92 Å². The summed E-state index contributed by atoms with van der Waals surface area (Å²) < 4.78 is 0. The third-order valence-corrected chi connectivity index (χ3v) is 5.61. The van der Waals surface area contributed by atoms with Crippen molar-refractivity contribution in [3.8, 4) is 11.8 Å². The molecule has 0 bridgehead atoms. The van der Waals surface area contributed by atoms with Gasteiger partial charge in [0.15, 0.2) is 0 Å². The van der Waals surface area contributed by atoms with Crippen LogP contribution < -0.4 is 0 Å². The van der Waals surface area contributed by atoms with Crippen molar-refractivity contribution in [3.05, 3.63) is 149 Å². The summed E-state index contributed by atoms with van der Waals surface area (Å²) in [4.78, 5) is 0. The second-order valence-electron chi connectivity index (χ2n) is 8.25. The molecule has 32 heavy (non-hydrogen) atoms. The average Bonchev–Trinajstić information content (AvgIpc) is 2.86. The Morgan fingerprint density at radius 1 is 0.594 bits per heavy atom. The summed E-state index contributed by atoms with van der Waals surface area (Å²) in [7, 11) is 0. The van der Waals surface area contributed by atoms with Crippen LogP contribution in [0.5, 0.6) is 0 Å². The quantitative estimate of drug-likeness (QED) is 0.291. The van der Waals surface area contributed by atoms with Gasteiger partial charge in [0.2, 0.25) is 0 Å². The lowest BCUT2D eigenvalue weighted by Gasteiger charge is -2.14. The largest absolute Gasteiger partial charge is 0.0854 e. The molecule has 156 valence electrons. The van der Waals surface area contributed by atoms with E-state index in [4.69, 9.17) is 0 Å². The topological polar surface area (TPSA) is 0 Å². The Hall–Kier alpha value is -3.82. The van der Waals surface area contributed by atoms with Crippen molar-refractivity contribution in [3.63, 3.8) is 0 Å². The minimum absolute atomic E-state index is 0.0215. The molecule has 0 saturated carbocycles. The van der Waals surface area contributed by atoms with Gasteiger partial charge in [-0.2, -0.15) is 0 Å². The van der Waals surface area contributed by atoms with Crippen LogP contribution in [0.25, 0.3) is 5.57 Å². The lowest BCUT2D eigenvalue weighted by molar-refractivity contribution is 0.865. The lowest BCUT2D eigenvalue weighted by Crippen LogP contribution is -1.97. The molecule has 0 aliphatic rings. The molecule has 0 amide bonds. The molecule has 0 N–H and O–H groups in total. The molecule has 0 heterocycles. The fourth-order valence-corrected chi connectivity index (χ4v) is 3.75. The fourth-order valence-electron chi connectivity index (χ4n) is 3.75. The van der Waals surface area contributed by atoms with Crippen LogP contribution in [0.1, 0.15) is 53.5 Å². The highest BCUT2D eigenvalue weighted by atomic mass is 14.1. The third kappa shape index (κ3) is 5.45. The first-order valence-corrected chi connectivity index (χ1v) is 11.2. The van der Waals surface area contributed by atoms with Crippen LogP contribution in [-0.4, -0.2) is 0 Å². The summed E-state index contributed by atoms with van der Waals surface area (Å²) in [6.07, 6.45) is 2.31. The molecule has 4 aromatic rings. The first kappa shape index (κ1) is 21.4. The van der Waals surface area contributed by atoms with Gasteiger partial charge in [-0.1, -0.05) is 135 Å². The van der Waals surface area contributed by atoms with Crippen molar-refractivity contribution < 1.29 is 0 Å². The van der Waals surface area contributed by atoms with Crippen LogP contribution in [0.4, 0.5) is 0 Å². The summed E-state index contributed by atoms with van der Waals surface area (Å²) >= 11 is 0. The van der Waals surface area contributed by atoms with Gasteiger partial charge < -0.3 is 0 Å². The molecule has 4 aromatic carbocycles. The van der Waals surface area contributed by atoms with E-state index in [0.717, 1.165) is 5.56 Å². The van der Waals surface area contributed by atoms with E-state index in [2.05, 4.69) is 129 Å². The molecule has 0 aliphatic carbocycles. The van der Waals surface area contributed by atoms with Crippen LogP contribution in [0.2, 0.25) is 0 Å². The van der Waals surface area contributed by atoms with Crippen molar-refractivity contribution >= 4 is 5.57 Å². The molecule has 1 unspecified atom stereocenters. The molecule has 0 radical (unpaired) electrons. The maximum absolute atomic E-state index is 3.54. The summed E-state index contributed by atoms with van der Waals surface area (Å²) in [6, 6.07) is 40.3.